The topological polar surface area (TPSA) is 75.6 Å². The van der Waals surface area contributed by atoms with Crippen molar-refractivity contribution in [2.24, 2.45) is 5.41 Å². The van der Waals surface area contributed by atoms with Crippen molar-refractivity contribution in [1.29, 1.82) is 0 Å². The summed E-state index contributed by atoms with van der Waals surface area (Å²) in [4.78, 5) is 23.4. The second kappa shape index (κ2) is 6.19. The van der Waals surface area contributed by atoms with Gasteiger partial charge in [0.05, 0.1) is 5.69 Å². The van der Waals surface area contributed by atoms with Crippen LogP contribution in [0, 0.1) is 5.41 Å². The standard InChI is InChI=1S/C16H17NO4S/c1-16(2,3)15(20)17-10-6-4-5-7-11(10)21-12-8-9-22-13(12)14(18)19/h4-9H,1-3H3,(H,17,20)(H,18,19). The minimum Gasteiger partial charge on any atom is -0.477 e. The number of para-hydroxylation sites is 2. The molecule has 6 heteroatoms. The van der Waals surface area contributed by atoms with Gasteiger partial charge in [-0.1, -0.05) is 32.9 Å². The quantitative estimate of drug-likeness (QED) is 0.884. The van der Waals surface area contributed by atoms with Gasteiger partial charge in [0.1, 0.15) is 0 Å². The molecule has 0 saturated heterocycles. The molecule has 5 nitrogen and oxygen atoms in total. The first-order valence-corrected chi connectivity index (χ1v) is 7.56. The maximum Gasteiger partial charge on any atom is 0.349 e. The van der Waals surface area contributed by atoms with Crippen LogP contribution in [-0.2, 0) is 4.79 Å². The second-order valence-electron chi connectivity index (χ2n) is 5.72. The van der Waals surface area contributed by atoms with Gasteiger partial charge in [-0.3, -0.25) is 4.79 Å². The highest BCUT2D eigenvalue weighted by Gasteiger charge is 2.23. The van der Waals surface area contributed by atoms with Gasteiger partial charge < -0.3 is 15.2 Å². The minimum atomic E-state index is -1.04. The summed E-state index contributed by atoms with van der Waals surface area (Å²) in [5, 5.41) is 13.6. The van der Waals surface area contributed by atoms with E-state index in [1.54, 1.807) is 35.7 Å². The molecule has 0 bridgehead atoms. The molecule has 22 heavy (non-hydrogen) atoms. The van der Waals surface area contributed by atoms with Gasteiger partial charge >= 0.3 is 5.97 Å². The predicted octanol–water partition coefficient (Wildman–Crippen LogP) is 4.22. The maximum atomic E-state index is 12.1. The number of carbonyl (C=O) groups is 2. The van der Waals surface area contributed by atoms with E-state index in [0.29, 0.717) is 11.4 Å². The van der Waals surface area contributed by atoms with Crippen LogP contribution < -0.4 is 10.1 Å². The number of thiophene rings is 1. The average molecular weight is 319 g/mol. The first kappa shape index (κ1) is 16.0. The van der Waals surface area contributed by atoms with Gasteiger partial charge in [0.15, 0.2) is 16.4 Å². The van der Waals surface area contributed by atoms with E-state index in [1.807, 2.05) is 20.8 Å². The maximum absolute atomic E-state index is 12.1. The Labute approximate surface area is 132 Å². The van der Waals surface area contributed by atoms with E-state index >= 15 is 0 Å². The van der Waals surface area contributed by atoms with Crippen LogP contribution in [0.4, 0.5) is 5.69 Å². The number of rotatable bonds is 4. The molecule has 0 unspecified atom stereocenters. The summed E-state index contributed by atoms with van der Waals surface area (Å²) in [5.41, 5.74) is -0.0354. The lowest BCUT2D eigenvalue weighted by Crippen LogP contribution is -2.27. The van der Waals surface area contributed by atoms with E-state index in [9.17, 15) is 9.59 Å². The first-order valence-electron chi connectivity index (χ1n) is 6.68. The fourth-order valence-corrected chi connectivity index (χ4v) is 2.28. The molecule has 2 rings (SSSR count). The predicted molar refractivity (Wildman–Crippen MR) is 85.9 cm³/mol. The zero-order valence-electron chi connectivity index (χ0n) is 12.5. The van der Waals surface area contributed by atoms with Gasteiger partial charge in [-0.2, -0.15) is 0 Å². The number of ether oxygens (including phenoxy) is 1. The molecular weight excluding hydrogens is 302 g/mol. The molecule has 1 heterocycles. The molecule has 0 aliphatic rings. The fraction of sp³-hybridized carbons (Fsp3) is 0.250. The van der Waals surface area contributed by atoms with Crippen LogP contribution in [0.5, 0.6) is 11.5 Å². The normalized spacial score (nSPS) is 11.0. The van der Waals surface area contributed by atoms with Crippen molar-refractivity contribution in [3.05, 3.63) is 40.6 Å². The lowest BCUT2D eigenvalue weighted by Gasteiger charge is -2.19. The van der Waals surface area contributed by atoms with E-state index in [-0.39, 0.29) is 16.5 Å². The molecule has 1 aromatic heterocycles. The van der Waals surface area contributed by atoms with Gasteiger partial charge in [-0.05, 0) is 23.6 Å². The van der Waals surface area contributed by atoms with Crippen LogP contribution >= 0.6 is 11.3 Å². The van der Waals surface area contributed by atoms with Crippen molar-refractivity contribution in [3.63, 3.8) is 0 Å². The average Bonchev–Trinajstić information content (AvgIpc) is 2.88. The molecule has 0 atom stereocenters. The number of nitrogens with one attached hydrogen (secondary N) is 1. The molecule has 0 fully saturated rings. The molecule has 0 saturated carbocycles. The van der Waals surface area contributed by atoms with Crippen molar-refractivity contribution in [2.45, 2.75) is 20.8 Å². The van der Waals surface area contributed by atoms with Crippen molar-refractivity contribution in [1.82, 2.24) is 0 Å². The lowest BCUT2D eigenvalue weighted by atomic mass is 9.95. The highest BCUT2D eigenvalue weighted by molar-refractivity contribution is 7.12. The van der Waals surface area contributed by atoms with E-state index in [1.165, 1.54) is 0 Å². The molecular formula is C16H17NO4S. The smallest absolute Gasteiger partial charge is 0.349 e. The number of benzene rings is 1. The zero-order chi connectivity index (χ0) is 16.3. The van der Waals surface area contributed by atoms with E-state index in [0.717, 1.165) is 11.3 Å². The summed E-state index contributed by atoms with van der Waals surface area (Å²) >= 11 is 1.09. The molecule has 2 N–H and O–H groups in total. The van der Waals surface area contributed by atoms with Gasteiger partial charge in [0.25, 0.3) is 0 Å². The second-order valence-corrected chi connectivity index (χ2v) is 6.64. The molecule has 0 spiro atoms. The van der Waals surface area contributed by atoms with Crippen molar-refractivity contribution < 1.29 is 19.4 Å². The Balaban J connectivity index is 2.27. The number of carbonyl (C=O) groups excluding carboxylic acids is 1. The third-order valence-electron chi connectivity index (χ3n) is 2.86. The Morgan fingerprint density at radius 1 is 1.14 bits per heavy atom. The number of hydrogen-bond acceptors (Lipinski definition) is 4. The minimum absolute atomic E-state index is 0.122. The molecule has 1 amide bonds. The number of amides is 1. The van der Waals surface area contributed by atoms with Gasteiger partial charge in [0.2, 0.25) is 5.91 Å². The largest absolute Gasteiger partial charge is 0.477 e. The van der Waals surface area contributed by atoms with E-state index < -0.39 is 11.4 Å². The van der Waals surface area contributed by atoms with E-state index in [2.05, 4.69) is 5.32 Å². The first-order chi connectivity index (χ1) is 10.3. The van der Waals surface area contributed by atoms with Crippen LogP contribution in [0.25, 0.3) is 0 Å². The van der Waals surface area contributed by atoms with E-state index in [4.69, 9.17) is 9.84 Å². The van der Waals surface area contributed by atoms with Gasteiger partial charge in [-0.15, -0.1) is 11.3 Å². The van der Waals surface area contributed by atoms with Crippen LogP contribution in [-0.4, -0.2) is 17.0 Å². The summed E-state index contributed by atoms with van der Waals surface area (Å²) in [6.07, 6.45) is 0. The summed E-state index contributed by atoms with van der Waals surface area (Å²) < 4.78 is 5.67. The Hall–Kier alpha value is -2.34. The van der Waals surface area contributed by atoms with Crippen LogP contribution in [0.15, 0.2) is 35.7 Å². The molecule has 0 aliphatic carbocycles. The number of aromatic carboxylic acids is 1. The number of carboxylic acid groups (broad SMARTS) is 1. The monoisotopic (exact) mass is 319 g/mol. The number of anilines is 1. The highest BCUT2D eigenvalue weighted by Crippen LogP contribution is 2.34. The van der Waals surface area contributed by atoms with Gasteiger partial charge in [0, 0.05) is 5.41 Å². The molecule has 0 aliphatic heterocycles. The Morgan fingerprint density at radius 2 is 1.82 bits per heavy atom. The fourth-order valence-electron chi connectivity index (χ4n) is 1.62. The van der Waals surface area contributed by atoms with Crippen molar-refractivity contribution in [2.75, 3.05) is 5.32 Å². The summed E-state index contributed by atoms with van der Waals surface area (Å²) in [7, 11) is 0. The zero-order valence-corrected chi connectivity index (χ0v) is 13.4. The van der Waals surface area contributed by atoms with Crippen molar-refractivity contribution >= 4 is 28.9 Å². The van der Waals surface area contributed by atoms with Crippen LogP contribution in [0.3, 0.4) is 0 Å². The molecule has 2 aromatic rings. The third-order valence-corrected chi connectivity index (χ3v) is 3.74. The summed E-state index contributed by atoms with van der Waals surface area (Å²) in [6, 6.07) is 8.52. The Morgan fingerprint density at radius 3 is 2.45 bits per heavy atom. The summed E-state index contributed by atoms with van der Waals surface area (Å²) in [6.45, 7) is 5.44. The summed E-state index contributed by atoms with van der Waals surface area (Å²) in [5.74, 6) is -0.524. The van der Waals surface area contributed by atoms with Crippen LogP contribution in [0.1, 0.15) is 30.4 Å². The number of carboxylic acids is 1. The van der Waals surface area contributed by atoms with Crippen molar-refractivity contribution in [3.8, 4) is 11.5 Å². The highest BCUT2D eigenvalue weighted by atomic mass is 32.1. The third kappa shape index (κ3) is 3.65. The lowest BCUT2D eigenvalue weighted by molar-refractivity contribution is -0.123. The van der Waals surface area contributed by atoms with Gasteiger partial charge in [-0.25, -0.2) is 4.79 Å². The van der Waals surface area contributed by atoms with Crippen LogP contribution in [0.2, 0.25) is 0 Å². The number of hydrogen-bond donors (Lipinski definition) is 2. The molecule has 116 valence electrons. The molecule has 1 aromatic carbocycles. The Kier molecular flexibility index (Phi) is 4.51. The Bertz CT molecular complexity index is 700. The molecule has 0 radical (unpaired) electrons. The SMILES string of the molecule is CC(C)(C)C(=O)Nc1ccccc1Oc1ccsc1C(=O)O.